The molecule has 1 unspecified atom stereocenters. The minimum absolute atomic E-state index is 0.713. The monoisotopic (exact) mass is 372 g/mol. The molecular weight excluding hydrogens is 347 g/mol. The van der Waals surface area contributed by atoms with E-state index in [-0.39, 0.29) is 0 Å². The molecule has 0 aromatic carbocycles. The molecule has 4 heterocycles. The number of anilines is 1. The molecule has 1 aliphatic rings. The normalized spacial score (nSPS) is 16.5. The first-order valence-electron chi connectivity index (χ1n) is 9.09. The van der Waals surface area contributed by atoms with Gasteiger partial charge in [-0.3, -0.25) is 5.10 Å². The van der Waals surface area contributed by atoms with Crippen LogP contribution in [-0.2, 0) is 16.8 Å². The number of ether oxygens (including phenoxy) is 1. The first-order chi connectivity index (χ1) is 12.5. The molecule has 6 nitrogen and oxygen atoms in total. The van der Waals surface area contributed by atoms with Crippen molar-refractivity contribution in [2.24, 2.45) is 0 Å². The highest BCUT2D eigenvalue weighted by Gasteiger charge is 2.26. The minimum atomic E-state index is -0.928. The van der Waals surface area contributed by atoms with Gasteiger partial charge in [0.1, 0.15) is 5.82 Å². The zero-order valence-electron chi connectivity index (χ0n) is 15.5. The van der Waals surface area contributed by atoms with Gasteiger partial charge < -0.3 is 14.7 Å². The van der Waals surface area contributed by atoms with Gasteiger partial charge in [0.2, 0.25) is 0 Å². The van der Waals surface area contributed by atoms with Crippen LogP contribution in [0.25, 0.3) is 16.1 Å². The fourth-order valence-corrected chi connectivity index (χ4v) is 5.96. The van der Waals surface area contributed by atoms with E-state index in [0.29, 0.717) is 13.2 Å². The Morgan fingerprint density at radius 3 is 2.69 bits per heavy atom. The molecular formula is C19H25N4O2P. The van der Waals surface area contributed by atoms with E-state index in [0.717, 1.165) is 47.0 Å². The summed E-state index contributed by atoms with van der Waals surface area (Å²) in [6.45, 7) is 8.95. The molecule has 4 rings (SSSR count). The third-order valence-corrected chi connectivity index (χ3v) is 7.43. The highest BCUT2D eigenvalue weighted by molar-refractivity contribution is 7.62. The number of aromatic nitrogens is 3. The van der Waals surface area contributed by atoms with Gasteiger partial charge in [-0.05, 0) is 56.9 Å². The Kier molecular flexibility index (Phi) is 4.51. The number of nitrogens with zero attached hydrogens (tertiary/aromatic N) is 3. The summed E-state index contributed by atoms with van der Waals surface area (Å²) in [7, 11) is -0.720. The van der Waals surface area contributed by atoms with Crippen LogP contribution in [0, 0.1) is 0 Å². The Morgan fingerprint density at radius 2 is 2.08 bits per heavy atom. The van der Waals surface area contributed by atoms with Gasteiger partial charge in [0.15, 0.2) is 0 Å². The lowest BCUT2D eigenvalue weighted by Gasteiger charge is -2.29. The van der Waals surface area contributed by atoms with Crippen LogP contribution >= 0.6 is 7.53 Å². The van der Waals surface area contributed by atoms with Crippen molar-refractivity contribution in [3.05, 3.63) is 35.3 Å². The molecule has 3 aromatic heterocycles. The summed E-state index contributed by atoms with van der Waals surface area (Å²) in [6.07, 6.45) is 2.75. The van der Waals surface area contributed by atoms with Crippen LogP contribution in [0.4, 0.5) is 5.82 Å². The fourth-order valence-electron chi connectivity index (χ4n) is 3.57. The second kappa shape index (κ2) is 6.69. The number of nitrogens with one attached hydrogen (secondary N) is 1. The van der Waals surface area contributed by atoms with Gasteiger partial charge in [-0.1, -0.05) is 6.92 Å². The Labute approximate surface area is 154 Å². The van der Waals surface area contributed by atoms with Gasteiger partial charge in [-0.2, -0.15) is 5.10 Å². The van der Waals surface area contributed by atoms with Crippen molar-refractivity contribution < 1.29 is 9.84 Å². The lowest BCUT2D eigenvalue weighted by atomic mass is 9.96. The number of aryl methyl sites for hydroxylation is 1. The minimum Gasteiger partial charge on any atom is -0.386 e. The Hall–Kier alpha value is -1.88. The van der Waals surface area contributed by atoms with E-state index in [1.54, 1.807) is 6.20 Å². The topological polar surface area (TPSA) is 74.3 Å². The average molecular weight is 372 g/mol. The molecule has 1 fully saturated rings. The summed E-state index contributed by atoms with van der Waals surface area (Å²) in [5.74, 6) is 0.932. The number of H-pyrrole nitrogens is 1. The first-order valence-corrected chi connectivity index (χ1v) is 10.4. The third kappa shape index (κ3) is 3.02. The maximum atomic E-state index is 10.8. The third-order valence-electron chi connectivity index (χ3n) is 4.92. The predicted octanol–water partition coefficient (Wildman–Crippen LogP) is 3.56. The fraction of sp³-hybridized carbons (Fsp3) is 0.474. The molecule has 0 aliphatic carbocycles. The number of hydrogen-bond acceptors (Lipinski definition) is 5. The molecule has 0 amide bonds. The number of rotatable bonds is 4. The standard InChI is InChI=1S/C19H25N4O2P/c1-4-13-11-14-15(19(2,3)24)12-16(23-7-9-25-10-8-23)21-18(14)26(13)17-5-6-20-22-17/h5-6,11-12,24H,4,7-10H2,1-3H3,(H,20,22). The van der Waals surface area contributed by atoms with Gasteiger partial charge >= 0.3 is 0 Å². The summed E-state index contributed by atoms with van der Waals surface area (Å²) >= 11 is 0. The molecule has 0 bridgehead atoms. The molecule has 3 aromatic rings. The lowest BCUT2D eigenvalue weighted by Crippen LogP contribution is -2.37. The van der Waals surface area contributed by atoms with Gasteiger partial charge in [0.05, 0.1) is 29.5 Å². The lowest BCUT2D eigenvalue weighted by molar-refractivity contribution is 0.0801. The van der Waals surface area contributed by atoms with E-state index >= 15 is 0 Å². The van der Waals surface area contributed by atoms with Crippen LogP contribution in [0.15, 0.2) is 24.4 Å². The summed E-state index contributed by atoms with van der Waals surface area (Å²) in [4.78, 5) is 7.33. The van der Waals surface area contributed by atoms with Crippen LogP contribution in [0.1, 0.15) is 31.6 Å². The molecule has 0 saturated carbocycles. The molecule has 0 radical (unpaired) electrons. The molecule has 0 spiro atoms. The summed E-state index contributed by atoms with van der Waals surface area (Å²) in [6, 6.07) is 6.32. The van der Waals surface area contributed by atoms with Gasteiger partial charge in [-0.25, -0.2) is 4.98 Å². The maximum absolute atomic E-state index is 10.8. The smallest absolute Gasteiger partial charge is 0.130 e. The van der Waals surface area contributed by atoms with Crippen molar-refractivity contribution >= 4 is 24.0 Å². The van der Waals surface area contributed by atoms with Crippen LogP contribution in [0.3, 0.4) is 0 Å². The first kappa shape index (κ1) is 17.5. The number of aromatic amines is 1. The second-order valence-corrected chi connectivity index (χ2v) is 9.34. The van der Waals surface area contributed by atoms with Crippen LogP contribution in [0.2, 0.25) is 0 Å². The number of aliphatic hydroxyl groups is 1. The maximum Gasteiger partial charge on any atom is 0.130 e. The van der Waals surface area contributed by atoms with Crippen LogP contribution in [0.5, 0.6) is 0 Å². The molecule has 2 N–H and O–H groups in total. The van der Waals surface area contributed by atoms with E-state index in [9.17, 15) is 5.11 Å². The Bertz CT molecular complexity index is 906. The van der Waals surface area contributed by atoms with E-state index in [4.69, 9.17) is 9.72 Å². The largest absolute Gasteiger partial charge is 0.386 e. The zero-order valence-corrected chi connectivity index (χ0v) is 16.4. The van der Waals surface area contributed by atoms with Crippen molar-refractivity contribution in [3.63, 3.8) is 0 Å². The summed E-state index contributed by atoms with van der Waals surface area (Å²) < 4.78 is 5.49. The van der Waals surface area contributed by atoms with E-state index in [2.05, 4.69) is 34.2 Å². The van der Waals surface area contributed by atoms with Gasteiger partial charge in [0, 0.05) is 24.7 Å². The van der Waals surface area contributed by atoms with Crippen molar-refractivity contribution in [2.45, 2.75) is 32.8 Å². The molecule has 138 valence electrons. The summed E-state index contributed by atoms with van der Waals surface area (Å²) in [5.41, 5.74) is 1.13. The van der Waals surface area contributed by atoms with Gasteiger partial charge in [0.25, 0.3) is 0 Å². The molecule has 1 aliphatic heterocycles. The molecule has 7 heteroatoms. The van der Waals surface area contributed by atoms with Crippen molar-refractivity contribution in [3.8, 4) is 5.44 Å². The predicted molar refractivity (Wildman–Crippen MR) is 106 cm³/mol. The number of morpholine rings is 1. The van der Waals surface area contributed by atoms with Crippen LogP contribution in [-0.4, -0.2) is 46.6 Å². The second-order valence-electron chi connectivity index (χ2n) is 7.19. The van der Waals surface area contributed by atoms with Gasteiger partial charge in [-0.15, -0.1) is 0 Å². The van der Waals surface area contributed by atoms with E-state index in [1.165, 1.54) is 5.30 Å². The van der Waals surface area contributed by atoms with E-state index < -0.39 is 13.1 Å². The van der Waals surface area contributed by atoms with Crippen molar-refractivity contribution in [2.75, 3.05) is 31.2 Å². The highest BCUT2D eigenvalue weighted by atomic mass is 31.1. The highest BCUT2D eigenvalue weighted by Crippen LogP contribution is 2.52. The van der Waals surface area contributed by atoms with E-state index in [1.807, 2.05) is 19.9 Å². The number of fused-ring (bicyclic) bond motifs is 1. The van der Waals surface area contributed by atoms with Crippen molar-refractivity contribution in [1.29, 1.82) is 0 Å². The SMILES string of the molecule is CCc1cc2c(C(C)(C)O)cc(N3CCOCC3)nc2p1-c1ccn[nH]1. The number of hydrogen-bond donors (Lipinski definition) is 2. The number of pyridine rings is 1. The Morgan fingerprint density at radius 1 is 1.31 bits per heavy atom. The summed E-state index contributed by atoms with van der Waals surface area (Å²) in [5, 5.41) is 21.6. The molecule has 26 heavy (non-hydrogen) atoms. The molecule has 1 saturated heterocycles. The average Bonchev–Trinajstić information content (AvgIpc) is 3.27. The van der Waals surface area contributed by atoms with Crippen molar-refractivity contribution in [1.82, 2.24) is 15.2 Å². The zero-order chi connectivity index (χ0) is 18.3. The van der Waals surface area contributed by atoms with Crippen LogP contribution < -0.4 is 4.90 Å². The Balaban J connectivity index is 1.99. The molecule has 1 atom stereocenters. The quantitative estimate of drug-likeness (QED) is 0.733.